The highest BCUT2D eigenvalue weighted by atomic mass is 79.9. The number of hydrogen-bond acceptors (Lipinski definition) is 6. The van der Waals surface area contributed by atoms with E-state index >= 15 is 0 Å². The minimum absolute atomic E-state index is 0.0151. The lowest BCUT2D eigenvalue weighted by molar-refractivity contribution is -0.135. The molecule has 1 aliphatic heterocycles. The molecule has 34 heavy (non-hydrogen) atoms. The number of halogens is 2. The molecule has 0 saturated carbocycles. The molecular weight excluding hydrogens is 524 g/mol. The molecule has 172 valence electrons. The molecule has 0 aliphatic carbocycles. The van der Waals surface area contributed by atoms with Crippen LogP contribution in [0.1, 0.15) is 29.0 Å². The summed E-state index contributed by atoms with van der Waals surface area (Å²) < 4.78 is 23.3. The van der Waals surface area contributed by atoms with Gasteiger partial charge in [-0.2, -0.15) is 0 Å². The second-order valence-electron chi connectivity index (χ2n) is 7.79. The summed E-state index contributed by atoms with van der Waals surface area (Å²) in [5.74, 6) is 0.446. The van der Waals surface area contributed by atoms with Crippen molar-refractivity contribution < 1.29 is 23.4 Å². The summed E-state index contributed by atoms with van der Waals surface area (Å²) in [5, 5.41) is 1.05. The van der Waals surface area contributed by atoms with Gasteiger partial charge >= 0.3 is 11.6 Å². The molecule has 6 nitrogen and oxygen atoms in total. The minimum Gasteiger partial charge on any atom is -0.496 e. The van der Waals surface area contributed by atoms with Gasteiger partial charge < -0.3 is 18.6 Å². The molecule has 5 rings (SSSR count). The first kappa shape index (κ1) is 22.5. The number of ether oxygens (including phenoxy) is 3. The highest BCUT2D eigenvalue weighted by molar-refractivity contribution is 9.10. The lowest BCUT2D eigenvalue weighted by Gasteiger charge is -2.25. The molecule has 0 unspecified atom stereocenters. The Bertz CT molecular complexity index is 1480. The Balaban J connectivity index is 1.55. The Morgan fingerprint density at radius 3 is 2.65 bits per heavy atom. The van der Waals surface area contributed by atoms with Gasteiger partial charge in [0.25, 0.3) is 0 Å². The van der Waals surface area contributed by atoms with Crippen molar-refractivity contribution in [2.24, 2.45) is 0 Å². The first-order valence-corrected chi connectivity index (χ1v) is 11.6. The van der Waals surface area contributed by atoms with E-state index in [0.29, 0.717) is 33.1 Å². The lowest BCUT2D eigenvalue weighted by atomic mass is 9.86. The van der Waals surface area contributed by atoms with E-state index in [1.807, 2.05) is 18.2 Å². The lowest BCUT2D eigenvalue weighted by Crippen LogP contribution is -2.26. The van der Waals surface area contributed by atoms with Crippen LogP contribution in [-0.4, -0.2) is 13.1 Å². The Labute approximate surface area is 208 Å². The summed E-state index contributed by atoms with van der Waals surface area (Å²) in [7, 11) is 1.57. The van der Waals surface area contributed by atoms with Crippen LogP contribution in [0.4, 0.5) is 0 Å². The molecule has 1 aliphatic rings. The third-order valence-electron chi connectivity index (χ3n) is 5.72. The number of benzene rings is 3. The van der Waals surface area contributed by atoms with E-state index in [-0.39, 0.29) is 18.8 Å². The molecule has 1 aromatic heterocycles. The van der Waals surface area contributed by atoms with Crippen LogP contribution in [0.3, 0.4) is 0 Å². The van der Waals surface area contributed by atoms with Crippen LogP contribution < -0.4 is 19.8 Å². The van der Waals surface area contributed by atoms with Crippen LogP contribution in [0.2, 0.25) is 5.02 Å². The van der Waals surface area contributed by atoms with Gasteiger partial charge in [0.1, 0.15) is 23.7 Å². The zero-order valence-electron chi connectivity index (χ0n) is 18.0. The Morgan fingerprint density at radius 2 is 1.85 bits per heavy atom. The topological polar surface area (TPSA) is 75.0 Å². The van der Waals surface area contributed by atoms with Gasteiger partial charge in [-0.25, -0.2) is 4.79 Å². The fraction of sp³-hybridized carbons (Fsp3) is 0.154. The molecule has 4 aromatic rings. The highest BCUT2D eigenvalue weighted by Gasteiger charge is 2.34. The maximum absolute atomic E-state index is 12.9. The third kappa shape index (κ3) is 4.17. The predicted molar refractivity (Wildman–Crippen MR) is 131 cm³/mol. The van der Waals surface area contributed by atoms with Crippen molar-refractivity contribution in [1.29, 1.82) is 0 Å². The summed E-state index contributed by atoms with van der Waals surface area (Å²) in [4.78, 5) is 25.5. The fourth-order valence-electron chi connectivity index (χ4n) is 4.13. The van der Waals surface area contributed by atoms with Crippen molar-refractivity contribution in [2.75, 3.05) is 7.11 Å². The SMILES string of the molecule is COc1ccc([C@H]2CC(=O)Oc3c2c(=O)oc2ccccc32)cc1COc1ccc(Br)cc1Cl. The van der Waals surface area contributed by atoms with Crippen molar-refractivity contribution in [3.05, 3.63) is 97.3 Å². The average molecular weight is 542 g/mol. The van der Waals surface area contributed by atoms with Crippen molar-refractivity contribution >= 4 is 44.5 Å². The molecule has 0 N–H and O–H groups in total. The summed E-state index contributed by atoms with van der Waals surface area (Å²) >= 11 is 9.65. The number of rotatable bonds is 5. The molecule has 0 amide bonds. The Kier molecular flexibility index (Phi) is 6.06. The standard InChI is InChI=1S/C26H18BrClO6/c1-31-20-8-6-14(10-15(20)13-32-22-9-7-16(27)11-19(22)28)18-12-23(29)34-25-17-4-2-3-5-21(17)33-26(30)24(18)25/h2-11,18H,12-13H2,1H3/t18-/m1/s1. The van der Waals surface area contributed by atoms with Crippen LogP contribution in [0.5, 0.6) is 17.2 Å². The van der Waals surface area contributed by atoms with Gasteiger partial charge in [0.2, 0.25) is 0 Å². The van der Waals surface area contributed by atoms with Gasteiger partial charge in [-0.15, -0.1) is 0 Å². The summed E-state index contributed by atoms with van der Waals surface area (Å²) in [6.07, 6.45) is 0.0151. The molecule has 0 saturated heterocycles. The molecule has 0 bridgehead atoms. The number of methoxy groups -OCH3 is 1. The number of esters is 1. The predicted octanol–water partition coefficient (Wildman–Crippen LogP) is 6.24. The largest absolute Gasteiger partial charge is 0.496 e. The van der Waals surface area contributed by atoms with E-state index in [1.54, 1.807) is 49.6 Å². The highest BCUT2D eigenvalue weighted by Crippen LogP contribution is 2.41. The van der Waals surface area contributed by atoms with Crippen LogP contribution in [0.15, 0.2) is 74.3 Å². The first-order chi connectivity index (χ1) is 16.4. The number of hydrogen-bond donors (Lipinski definition) is 0. The summed E-state index contributed by atoms with van der Waals surface area (Å²) in [6, 6.07) is 17.8. The van der Waals surface area contributed by atoms with Crippen LogP contribution in [0.25, 0.3) is 11.0 Å². The van der Waals surface area contributed by atoms with Gasteiger partial charge in [0.15, 0.2) is 5.75 Å². The molecule has 1 atom stereocenters. The van der Waals surface area contributed by atoms with Gasteiger partial charge in [-0.1, -0.05) is 45.7 Å². The number of fused-ring (bicyclic) bond motifs is 3. The number of carbonyl (C=O) groups excluding carboxylic acids is 1. The van der Waals surface area contributed by atoms with Crippen molar-refractivity contribution in [3.63, 3.8) is 0 Å². The van der Waals surface area contributed by atoms with E-state index in [2.05, 4.69) is 15.9 Å². The van der Waals surface area contributed by atoms with Gasteiger partial charge in [0, 0.05) is 16.0 Å². The zero-order valence-corrected chi connectivity index (χ0v) is 20.3. The summed E-state index contributed by atoms with van der Waals surface area (Å²) in [5.41, 5.74) is 1.66. The summed E-state index contributed by atoms with van der Waals surface area (Å²) in [6.45, 7) is 0.175. The Hall–Kier alpha value is -3.29. The van der Waals surface area contributed by atoms with E-state index < -0.39 is 17.5 Å². The average Bonchev–Trinajstić information content (AvgIpc) is 2.83. The van der Waals surface area contributed by atoms with Crippen LogP contribution in [-0.2, 0) is 11.4 Å². The molecule has 0 radical (unpaired) electrons. The quantitative estimate of drug-likeness (QED) is 0.220. The van der Waals surface area contributed by atoms with Crippen molar-refractivity contribution in [3.8, 4) is 17.2 Å². The first-order valence-electron chi connectivity index (χ1n) is 10.5. The van der Waals surface area contributed by atoms with Gasteiger partial charge in [-0.3, -0.25) is 4.79 Å². The van der Waals surface area contributed by atoms with E-state index in [9.17, 15) is 9.59 Å². The fourth-order valence-corrected chi connectivity index (χ4v) is 4.86. The number of para-hydroxylation sites is 1. The molecule has 0 spiro atoms. The maximum atomic E-state index is 12.9. The van der Waals surface area contributed by atoms with Crippen LogP contribution in [0, 0.1) is 0 Å². The Morgan fingerprint density at radius 1 is 1.06 bits per heavy atom. The van der Waals surface area contributed by atoms with Crippen molar-refractivity contribution in [1.82, 2.24) is 0 Å². The second kappa shape index (κ2) is 9.16. The maximum Gasteiger partial charge on any atom is 0.343 e. The monoisotopic (exact) mass is 540 g/mol. The third-order valence-corrected chi connectivity index (χ3v) is 6.51. The second-order valence-corrected chi connectivity index (χ2v) is 9.12. The van der Waals surface area contributed by atoms with Crippen LogP contribution >= 0.6 is 27.5 Å². The molecule has 0 fully saturated rings. The molecule has 2 heterocycles. The van der Waals surface area contributed by atoms with Gasteiger partial charge in [0.05, 0.1) is 29.5 Å². The smallest absolute Gasteiger partial charge is 0.343 e. The molecular formula is C26H18BrClO6. The number of carbonyl (C=O) groups is 1. The molecule has 3 aromatic carbocycles. The van der Waals surface area contributed by atoms with E-state index in [4.69, 9.17) is 30.2 Å². The van der Waals surface area contributed by atoms with Crippen molar-refractivity contribution in [2.45, 2.75) is 18.9 Å². The van der Waals surface area contributed by atoms with E-state index in [0.717, 1.165) is 15.6 Å². The van der Waals surface area contributed by atoms with E-state index in [1.165, 1.54) is 0 Å². The van der Waals surface area contributed by atoms with Gasteiger partial charge in [-0.05, 0) is 48.0 Å². The minimum atomic E-state index is -0.530. The molecule has 8 heteroatoms. The normalized spacial score (nSPS) is 15.0. The zero-order chi connectivity index (χ0) is 23.8.